The van der Waals surface area contributed by atoms with Crippen LogP contribution >= 0.6 is 15.9 Å². The standard InChI is InChI=1S/C16H14BrF2N/c17-12-2-1-11(15(19)8-12)9-16(20)6-5-10-7-13(18)3-4-14(10)16/h1-4,7-8H,5-6,9,20H2. The van der Waals surface area contributed by atoms with E-state index in [-0.39, 0.29) is 11.6 Å². The minimum Gasteiger partial charge on any atom is -0.321 e. The van der Waals surface area contributed by atoms with Crippen LogP contribution in [0.5, 0.6) is 0 Å². The molecule has 0 fully saturated rings. The van der Waals surface area contributed by atoms with E-state index in [9.17, 15) is 8.78 Å². The third-order valence-corrected chi connectivity index (χ3v) is 4.46. The summed E-state index contributed by atoms with van der Waals surface area (Å²) in [7, 11) is 0. The quantitative estimate of drug-likeness (QED) is 0.878. The van der Waals surface area contributed by atoms with Crippen molar-refractivity contribution in [2.24, 2.45) is 5.73 Å². The summed E-state index contributed by atoms with van der Waals surface area (Å²) in [6.07, 6.45) is 1.87. The predicted molar refractivity (Wildman–Crippen MR) is 78.4 cm³/mol. The SMILES string of the molecule is NC1(Cc2ccc(Br)cc2F)CCc2cc(F)ccc21. The molecule has 2 N–H and O–H groups in total. The van der Waals surface area contributed by atoms with E-state index in [1.54, 1.807) is 12.1 Å². The van der Waals surface area contributed by atoms with Crippen molar-refractivity contribution in [2.45, 2.75) is 24.8 Å². The van der Waals surface area contributed by atoms with Gasteiger partial charge in [0.2, 0.25) is 0 Å². The number of hydrogen-bond donors (Lipinski definition) is 1. The minimum absolute atomic E-state index is 0.247. The van der Waals surface area contributed by atoms with E-state index in [0.717, 1.165) is 17.5 Å². The van der Waals surface area contributed by atoms with E-state index >= 15 is 0 Å². The Morgan fingerprint density at radius 2 is 1.95 bits per heavy atom. The summed E-state index contributed by atoms with van der Waals surface area (Å²) in [5.74, 6) is -0.511. The summed E-state index contributed by atoms with van der Waals surface area (Å²) in [6, 6.07) is 9.68. The van der Waals surface area contributed by atoms with E-state index < -0.39 is 5.54 Å². The fraction of sp³-hybridized carbons (Fsp3) is 0.250. The number of nitrogens with two attached hydrogens (primary N) is 1. The summed E-state index contributed by atoms with van der Waals surface area (Å²) in [4.78, 5) is 0. The van der Waals surface area contributed by atoms with Gasteiger partial charge in [-0.1, -0.05) is 28.1 Å². The van der Waals surface area contributed by atoms with Crippen LogP contribution < -0.4 is 5.73 Å². The maximum atomic E-state index is 14.0. The van der Waals surface area contributed by atoms with Gasteiger partial charge in [-0.3, -0.25) is 0 Å². The number of benzene rings is 2. The molecule has 2 aromatic rings. The van der Waals surface area contributed by atoms with Crippen LogP contribution in [-0.4, -0.2) is 0 Å². The topological polar surface area (TPSA) is 26.0 Å². The zero-order chi connectivity index (χ0) is 14.3. The second kappa shape index (κ2) is 4.93. The molecule has 0 aromatic heterocycles. The minimum atomic E-state index is -0.613. The van der Waals surface area contributed by atoms with E-state index in [1.807, 2.05) is 6.07 Å². The first-order chi connectivity index (χ1) is 9.48. The Hall–Kier alpha value is -1.26. The molecule has 1 aliphatic rings. The lowest BCUT2D eigenvalue weighted by molar-refractivity contribution is 0.429. The molecular formula is C16H14BrF2N. The van der Waals surface area contributed by atoms with Crippen LogP contribution in [0.25, 0.3) is 0 Å². The van der Waals surface area contributed by atoms with Crippen molar-refractivity contribution in [1.29, 1.82) is 0 Å². The molecule has 0 bridgehead atoms. The molecule has 2 aromatic carbocycles. The lowest BCUT2D eigenvalue weighted by Gasteiger charge is -2.26. The summed E-state index contributed by atoms with van der Waals surface area (Å²) < 4.78 is 27.9. The molecule has 0 heterocycles. The monoisotopic (exact) mass is 337 g/mol. The Morgan fingerprint density at radius 1 is 1.15 bits per heavy atom. The Labute approximate surface area is 124 Å². The van der Waals surface area contributed by atoms with Crippen LogP contribution in [0.1, 0.15) is 23.1 Å². The molecule has 104 valence electrons. The number of hydrogen-bond acceptors (Lipinski definition) is 1. The summed E-state index contributed by atoms with van der Waals surface area (Å²) >= 11 is 3.24. The van der Waals surface area contributed by atoms with E-state index in [4.69, 9.17) is 5.73 Å². The van der Waals surface area contributed by atoms with Crippen LogP contribution in [0.2, 0.25) is 0 Å². The molecule has 0 saturated heterocycles. The molecule has 4 heteroatoms. The summed E-state index contributed by atoms with van der Waals surface area (Å²) in [5.41, 5.74) is 8.30. The van der Waals surface area contributed by atoms with Gasteiger partial charge in [-0.25, -0.2) is 8.78 Å². The molecule has 0 saturated carbocycles. The van der Waals surface area contributed by atoms with Gasteiger partial charge in [0, 0.05) is 10.0 Å². The van der Waals surface area contributed by atoms with Crippen LogP contribution in [-0.2, 0) is 18.4 Å². The number of aryl methyl sites for hydroxylation is 1. The lowest BCUT2D eigenvalue weighted by atomic mass is 9.86. The van der Waals surface area contributed by atoms with Gasteiger partial charge >= 0.3 is 0 Å². The van der Waals surface area contributed by atoms with Crippen LogP contribution in [0.15, 0.2) is 40.9 Å². The maximum Gasteiger partial charge on any atom is 0.127 e. The Bertz CT molecular complexity index is 672. The van der Waals surface area contributed by atoms with Gasteiger partial charge in [0.25, 0.3) is 0 Å². The Kier molecular flexibility index (Phi) is 3.38. The highest BCUT2D eigenvalue weighted by molar-refractivity contribution is 9.10. The van der Waals surface area contributed by atoms with Crippen LogP contribution in [0.4, 0.5) is 8.78 Å². The van der Waals surface area contributed by atoms with Gasteiger partial charge in [-0.2, -0.15) is 0 Å². The molecule has 3 rings (SSSR count). The van der Waals surface area contributed by atoms with Crippen LogP contribution in [0.3, 0.4) is 0 Å². The van der Waals surface area contributed by atoms with Gasteiger partial charge in [0.1, 0.15) is 11.6 Å². The van der Waals surface area contributed by atoms with Crippen molar-refractivity contribution in [3.8, 4) is 0 Å². The van der Waals surface area contributed by atoms with Crippen molar-refractivity contribution < 1.29 is 8.78 Å². The number of halogens is 3. The van der Waals surface area contributed by atoms with Gasteiger partial charge in [-0.05, 0) is 60.2 Å². The molecule has 1 atom stereocenters. The molecule has 0 aliphatic heterocycles. The molecule has 1 aliphatic carbocycles. The van der Waals surface area contributed by atoms with Crippen molar-refractivity contribution in [2.75, 3.05) is 0 Å². The van der Waals surface area contributed by atoms with Crippen molar-refractivity contribution in [3.05, 3.63) is 69.2 Å². The third-order valence-electron chi connectivity index (χ3n) is 3.97. The lowest BCUT2D eigenvalue weighted by Crippen LogP contribution is -2.36. The van der Waals surface area contributed by atoms with Gasteiger partial charge in [0.15, 0.2) is 0 Å². The Morgan fingerprint density at radius 3 is 2.70 bits per heavy atom. The first-order valence-corrected chi connectivity index (χ1v) is 7.29. The van der Waals surface area contributed by atoms with Gasteiger partial charge in [0.05, 0.1) is 0 Å². The van der Waals surface area contributed by atoms with E-state index in [0.29, 0.717) is 22.9 Å². The summed E-state index contributed by atoms with van der Waals surface area (Å²) in [5, 5.41) is 0. The average molecular weight is 338 g/mol. The second-order valence-corrected chi connectivity index (χ2v) is 6.29. The normalized spacial score (nSPS) is 21.0. The molecule has 1 nitrogen and oxygen atoms in total. The summed E-state index contributed by atoms with van der Waals surface area (Å²) in [6.45, 7) is 0. The fourth-order valence-electron chi connectivity index (χ4n) is 2.94. The first kappa shape index (κ1) is 13.7. The van der Waals surface area contributed by atoms with Crippen molar-refractivity contribution in [1.82, 2.24) is 0 Å². The maximum absolute atomic E-state index is 14.0. The third kappa shape index (κ3) is 2.38. The van der Waals surface area contributed by atoms with E-state index in [1.165, 1.54) is 18.2 Å². The largest absolute Gasteiger partial charge is 0.321 e. The zero-order valence-electron chi connectivity index (χ0n) is 10.8. The van der Waals surface area contributed by atoms with E-state index in [2.05, 4.69) is 15.9 Å². The number of fused-ring (bicyclic) bond motifs is 1. The molecule has 0 amide bonds. The highest BCUT2D eigenvalue weighted by Gasteiger charge is 2.35. The predicted octanol–water partition coefficient (Wildman–Crippen LogP) is 4.07. The van der Waals surface area contributed by atoms with Gasteiger partial charge < -0.3 is 5.73 Å². The average Bonchev–Trinajstić information content (AvgIpc) is 2.70. The first-order valence-electron chi connectivity index (χ1n) is 6.50. The Balaban J connectivity index is 1.96. The van der Waals surface area contributed by atoms with Crippen molar-refractivity contribution in [3.63, 3.8) is 0 Å². The molecular weight excluding hydrogens is 324 g/mol. The zero-order valence-corrected chi connectivity index (χ0v) is 12.4. The molecule has 1 unspecified atom stereocenters. The molecule has 0 spiro atoms. The smallest absolute Gasteiger partial charge is 0.127 e. The highest BCUT2D eigenvalue weighted by atomic mass is 79.9. The number of rotatable bonds is 2. The van der Waals surface area contributed by atoms with Crippen molar-refractivity contribution >= 4 is 15.9 Å². The molecule has 0 radical (unpaired) electrons. The van der Waals surface area contributed by atoms with Gasteiger partial charge in [-0.15, -0.1) is 0 Å². The van der Waals surface area contributed by atoms with Crippen LogP contribution in [0, 0.1) is 11.6 Å². The molecule has 20 heavy (non-hydrogen) atoms. The highest BCUT2D eigenvalue weighted by Crippen LogP contribution is 2.38. The fourth-order valence-corrected chi connectivity index (χ4v) is 3.27. The second-order valence-electron chi connectivity index (χ2n) is 5.37.